The first-order valence-electron chi connectivity index (χ1n) is 11.2. The van der Waals surface area contributed by atoms with Gasteiger partial charge >= 0.3 is 0 Å². The van der Waals surface area contributed by atoms with Crippen molar-refractivity contribution in [2.45, 2.75) is 31.5 Å². The van der Waals surface area contributed by atoms with Crippen LogP contribution in [-0.4, -0.2) is 58.7 Å². The van der Waals surface area contributed by atoms with Crippen LogP contribution in [0.2, 0.25) is 0 Å². The van der Waals surface area contributed by atoms with Crippen molar-refractivity contribution in [3.8, 4) is 11.1 Å². The Morgan fingerprint density at radius 1 is 1.21 bits per heavy atom. The minimum Gasteiger partial charge on any atom is -0.373 e. The van der Waals surface area contributed by atoms with Gasteiger partial charge in [0.1, 0.15) is 17.3 Å². The molecule has 1 amide bonds. The Balaban J connectivity index is 1.43. The number of imidazole rings is 1. The number of benzene rings is 2. The molecule has 3 atom stereocenters. The topological polar surface area (TPSA) is 59.4 Å². The minimum atomic E-state index is -0.624. The van der Waals surface area contributed by atoms with Gasteiger partial charge in [-0.25, -0.2) is 13.8 Å². The maximum atomic E-state index is 14.6. The third-order valence-corrected chi connectivity index (χ3v) is 6.62. The predicted molar refractivity (Wildman–Crippen MR) is 120 cm³/mol. The van der Waals surface area contributed by atoms with E-state index in [2.05, 4.69) is 10.3 Å². The Morgan fingerprint density at radius 2 is 2.06 bits per heavy atom. The minimum absolute atomic E-state index is 0.00702. The van der Waals surface area contributed by atoms with E-state index in [1.165, 1.54) is 12.1 Å². The zero-order chi connectivity index (χ0) is 22.9. The van der Waals surface area contributed by atoms with Crippen LogP contribution in [0.5, 0.6) is 0 Å². The van der Waals surface area contributed by atoms with E-state index >= 15 is 0 Å². The normalized spacial score (nSPS) is 21.5. The number of carbonyl (C=O) groups excluding carboxylic acids is 1. The van der Waals surface area contributed by atoms with Gasteiger partial charge in [0.2, 0.25) is 0 Å². The van der Waals surface area contributed by atoms with E-state index in [0.29, 0.717) is 36.5 Å². The number of nitrogens with zero attached hydrogens (tertiary/aromatic N) is 3. The van der Waals surface area contributed by atoms with Crippen molar-refractivity contribution in [2.75, 3.05) is 26.2 Å². The number of hydrogen-bond donors (Lipinski definition) is 1. The zero-order valence-corrected chi connectivity index (χ0v) is 18.4. The summed E-state index contributed by atoms with van der Waals surface area (Å²) in [6, 6.07) is 10.9. The number of amides is 1. The maximum Gasteiger partial charge on any atom is 0.272 e. The molecular weight excluding hydrogens is 426 g/mol. The van der Waals surface area contributed by atoms with Crippen molar-refractivity contribution in [1.29, 1.82) is 0 Å². The lowest BCUT2D eigenvalue weighted by Gasteiger charge is -2.41. The first kappa shape index (κ1) is 21.7. The fourth-order valence-corrected chi connectivity index (χ4v) is 4.86. The van der Waals surface area contributed by atoms with E-state index in [1.807, 2.05) is 34.6 Å². The molecule has 1 N–H and O–H groups in total. The summed E-state index contributed by atoms with van der Waals surface area (Å²) in [4.78, 5) is 19.5. The van der Waals surface area contributed by atoms with Crippen molar-refractivity contribution in [3.63, 3.8) is 0 Å². The maximum absolute atomic E-state index is 14.6. The number of likely N-dealkylation sites (tertiary alicyclic amines) is 1. The summed E-state index contributed by atoms with van der Waals surface area (Å²) in [5, 5.41) is 3.46. The molecule has 33 heavy (non-hydrogen) atoms. The molecular formula is C25H26F2N4O2. The molecule has 5 rings (SSSR count). The molecule has 0 radical (unpaired) electrons. The van der Waals surface area contributed by atoms with Gasteiger partial charge in [0, 0.05) is 37.3 Å². The van der Waals surface area contributed by atoms with Gasteiger partial charge in [0.15, 0.2) is 0 Å². The number of hydrogen-bond acceptors (Lipinski definition) is 4. The Kier molecular flexibility index (Phi) is 5.95. The second-order valence-electron chi connectivity index (χ2n) is 8.58. The smallest absolute Gasteiger partial charge is 0.272 e. The van der Waals surface area contributed by atoms with Gasteiger partial charge in [-0.2, -0.15) is 0 Å². The summed E-state index contributed by atoms with van der Waals surface area (Å²) in [6.07, 6.45) is 4.03. The van der Waals surface area contributed by atoms with Gasteiger partial charge < -0.3 is 19.5 Å². The molecule has 2 saturated heterocycles. The van der Waals surface area contributed by atoms with Gasteiger partial charge in [0.05, 0.1) is 31.3 Å². The quantitative estimate of drug-likeness (QED) is 0.657. The molecule has 2 aromatic carbocycles. The molecule has 2 aliphatic heterocycles. The number of aromatic nitrogens is 2. The molecule has 0 unspecified atom stereocenters. The van der Waals surface area contributed by atoms with E-state index in [4.69, 9.17) is 4.74 Å². The Morgan fingerprint density at radius 3 is 2.91 bits per heavy atom. The van der Waals surface area contributed by atoms with Gasteiger partial charge in [-0.1, -0.05) is 24.3 Å². The highest BCUT2D eigenvalue weighted by Crippen LogP contribution is 2.33. The monoisotopic (exact) mass is 452 g/mol. The standard InChI is InChI=1S/C25H26F2N4O2/c1-16(18-4-2-3-5-19(18)20-7-6-17(26)12-21(20)27)31-15-28-13-23(31)25(32)30-10-8-22-24(14-30)33-11-9-29-22/h2-7,12-13,15-16,22,24,29H,8-11,14H2,1H3/t16-,22+,24+/m0/s1. The van der Waals surface area contributed by atoms with Crippen LogP contribution in [0.1, 0.15) is 35.4 Å². The van der Waals surface area contributed by atoms with Crippen molar-refractivity contribution in [1.82, 2.24) is 19.8 Å². The molecule has 1 aromatic heterocycles. The molecule has 0 aliphatic carbocycles. The summed E-state index contributed by atoms with van der Waals surface area (Å²) in [5.41, 5.74) is 2.25. The highest BCUT2D eigenvalue weighted by atomic mass is 19.1. The van der Waals surface area contributed by atoms with Gasteiger partial charge in [-0.15, -0.1) is 0 Å². The SMILES string of the molecule is C[C@@H](c1ccccc1-c1ccc(F)cc1F)n1cncc1C(=O)N1CC[C@H]2NCCO[C@@H]2C1. The zero-order valence-electron chi connectivity index (χ0n) is 18.4. The molecule has 0 saturated carbocycles. The Bertz CT molecular complexity index is 1160. The lowest BCUT2D eigenvalue weighted by atomic mass is 9.95. The number of nitrogens with one attached hydrogen (secondary N) is 1. The van der Waals surface area contributed by atoms with E-state index in [1.54, 1.807) is 18.6 Å². The van der Waals surface area contributed by atoms with E-state index in [0.717, 1.165) is 24.6 Å². The summed E-state index contributed by atoms with van der Waals surface area (Å²) < 4.78 is 35.7. The lowest BCUT2D eigenvalue weighted by molar-refractivity contribution is -0.0417. The van der Waals surface area contributed by atoms with E-state index in [-0.39, 0.29) is 24.1 Å². The second kappa shape index (κ2) is 9.03. The highest BCUT2D eigenvalue weighted by Gasteiger charge is 2.35. The van der Waals surface area contributed by atoms with E-state index < -0.39 is 11.6 Å². The van der Waals surface area contributed by atoms with Crippen LogP contribution in [0.4, 0.5) is 8.78 Å². The highest BCUT2D eigenvalue weighted by molar-refractivity contribution is 5.92. The largest absolute Gasteiger partial charge is 0.373 e. The number of fused-ring (bicyclic) bond motifs is 1. The van der Waals surface area contributed by atoms with E-state index in [9.17, 15) is 13.6 Å². The second-order valence-corrected chi connectivity index (χ2v) is 8.58. The Labute approximate surface area is 191 Å². The molecule has 2 aliphatic rings. The van der Waals surface area contributed by atoms with Crippen LogP contribution in [0.25, 0.3) is 11.1 Å². The van der Waals surface area contributed by atoms with Crippen molar-refractivity contribution >= 4 is 5.91 Å². The van der Waals surface area contributed by atoms with Crippen molar-refractivity contribution < 1.29 is 18.3 Å². The first-order chi connectivity index (χ1) is 16.0. The van der Waals surface area contributed by atoms with Crippen LogP contribution in [0.3, 0.4) is 0 Å². The summed E-state index contributed by atoms with van der Waals surface area (Å²) in [5.74, 6) is -1.34. The average molecular weight is 453 g/mol. The Hall–Kier alpha value is -3.10. The molecule has 2 fully saturated rings. The molecule has 0 spiro atoms. The van der Waals surface area contributed by atoms with Gasteiger partial charge in [-0.05, 0) is 36.6 Å². The van der Waals surface area contributed by atoms with Crippen LogP contribution in [0.15, 0.2) is 55.0 Å². The van der Waals surface area contributed by atoms with Crippen LogP contribution >= 0.6 is 0 Å². The average Bonchev–Trinajstić information content (AvgIpc) is 3.33. The fourth-order valence-electron chi connectivity index (χ4n) is 4.86. The van der Waals surface area contributed by atoms with Crippen molar-refractivity contribution in [3.05, 3.63) is 77.9 Å². The third kappa shape index (κ3) is 4.16. The van der Waals surface area contributed by atoms with Crippen LogP contribution < -0.4 is 5.32 Å². The molecule has 0 bridgehead atoms. The first-order valence-corrected chi connectivity index (χ1v) is 11.2. The number of halogens is 2. The summed E-state index contributed by atoms with van der Waals surface area (Å²) in [7, 11) is 0. The number of rotatable bonds is 4. The molecule has 8 heteroatoms. The molecule has 3 heterocycles. The third-order valence-electron chi connectivity index (χ3n) is 6.62. The van der Waals surface area contributed by atoms with Crippen LogP contribution in [0, 0.1) is 11.6 Å². The molecule has 172 valence electrons. The van der Waals surface area contributed by atoms with Crippen LogP contribution in [-0.2, 0) is 4.74 Å². The number of carbonyl (C=O) groups is 1. The summed E-state index contributed by atoms with van der Waals surface area (Å²) >= 11 is 0. The fraction of sp³-hybridized carbons (Fsp3) is 0.360. The van der Waals surface area contributed by atoms with Crippen molar-refractivity contribution in [2.24, 2.45) is 0 Å². The number of piperidine rings is 1. The predicted octanol–water partition coefficient (Wildman–Crippen LogP) is 3.64. The number of morpholine rings is 1. The molecule has 6 nitrogen and oxygen atoms in total. The van der Waals surface area contributed by atoms with Gasteiger partial charge in [-0.3, -0.25) is 4.79 Å². The molecule has 3 aromatic rings. The number of ether oxygens (including phenoxy) is 1. The summed E-state index contributed by atoms with van der Waals surface area (Å²) in [6.45, 7) is 4.61. The van der Waals surface area contributed by atoms with Gasteiger partial charge in [0.25, 0.3) is 5.91 Å². The lowest BCUT2D eigenvalue weighted by Crippen LogP contribution is -2.58.